The van der Waals surface area contributed by atoms with Gasteiger partial charge in [0.1, 0.15) is 0 Å². The third-order valence-electron chi connectivity index (χ3n) is 3.53. The van der Waals surface area contributed by atoms with Crippen molar-refractivity contribution in [2.24, 2.45) is 0 Å². The van der Waals surface area contributed by atoms with Crippen LogP contribution in [0.15, 0.2) is 30.9 Å². The fourth-order valence-electron chi connectivity index (χ4n) is 2.52. The molecule has 0 saturated carbocycles. The molecule has 0 aliphatic carbocycles. The molecule has 0 amide bonds. The minimum Gasteiger partial charge on any atom is -0.314 e. The average Bonchev–Trinajstić information content (AvgIpc) is 2.46. The number of nitrogens with one attached hydrogen (secondary N) is 1. The lowest BCUT2D eigenvalue weighted by Gasteiger charge is -2.34. The van der Waals surface area contributed by atoms with Gasteiger partial charge in [0, 0.05) is 38.3 Å². The maximum atomic E-state index is 13.4. The number of hydrogen-bond donors (Lipinski definition) is 1. The normalized spacial score (nSPS) is 17.6. The summed E-state index contributed by atoms with van der Waals surface area (Å²) in [6.45, 7) is 7.25. The number of nitro groups is 1. The van der Waals surface area contributed by atoms with Crippen molar-refractivity contribution >= 4 is 5.69 Å². The number of piperazine rings is 1. The second kappa shape index (κ2) is 6.58. The van der Waals surface area contributed by atoms with Crippen LogP contribution in [-0.2, 0) is 0 Å². The van der Waals surface area contributed by atoms with Crippen molar-refractivity contribution in [1.29, 1.82) is 0 Å². The Morgan fingerprint density at radius 3 is 2.80 bits per heavy atom. The second-order valence-corrected chi connectivity index (χ2v) is 4.79. The SMILES string of the molecule is C=CC[C@H](c1ccc(F)c([N+](=O)[O-])c1)N1CCNCC1. The summed E-state index contributed by atoms with van der Waals surface area (Å²) in [5.74, 6) is -0.795. The molecule has 1 N–H and O–H groups in total. The third kappa shape index (κ3) is 3.20. The van der Waals surface area contributed by atoms with Gasteiger partial charge in [-0.25, -0.2) is 0 Å². The van der Waals surface area contributed by atoms with Gasteiger partial charge in [-0.15, -0.1) is 6.58 Å². The van der Waals surface area contributed by atoms with E-state index in [0.29, 0.717) is 6.42 Å². The van der Waals surface area contributed by atoms with Crippen molar-refractivity contribution in [3.8, 4) is 0 Å². The van der Waals surface area contributed by atoms with Crippen LogP contribution in [0.2, 0.25) is 0 Å². The topological polar surface area (TPSA) is 58.4 Å². The van der Waals surface area contributed by atoms with Crippen LogP contribution < -0.4 is 5.32 Å². The van der Waals surface area contributed by atoms with Crippen LogP contribution in [0.3, 0.4) is 0 Å². The Hall–Kier alpha value is -1.79. The van der Waals surface area contributed by atoms with Crippen molar-refractivity contribution in [2.75, 3.05) is 26.2 Å². The molecule has 2 rings (SSSR count). The van der Waals surface area contributed by atoms with Crippen molar-refractivity contribution in [1.82, 2.24) is 10.2 Å². The molecular formula is C14H18FN3O2. The molecule has 1 atom stereocenters. The first kappa shape index (κ1) is 14.6. The molecule has 1 aliphatic heterocycles. The lowest BCUT2D eigenvalue weighted by molar-refractivity contribution is -0.387. The molecule has 20 heavy (non-hydrogen) atoms. The van der Waals surface area contributed by atoms with Crippen molar-refractivity contribution < 1.29 is 9.31 Å². The Bertz CT molecular complexity index is 501. The molecule has 108 valence electrons. The Balaban J connectivity index is 2.30. The van der Waals surface area contributed by atoms with E-state index in [1.54, 1.807) is 12.1 Å². The lowest BCUT2D eigenvalue weighted by atomic mass is 10.0. The van der Waals surface area contributed by atoms with Gasteiger partial charge in [-0.3, -0.25) is 15.0 Å². The first-order chi connectivity index (χ1) is 9.63. The minimum absolute atomic E-state index is 0.00824. The zero-order valence-electron chi connectivity index (χ0n) is 11.2. The lowest BCUT2D eigenvalue weighted by Crippen LogP contribution is -2.45. The molecule has 1 aromatic rings. The second-order valence-electron chi connectivity index (χ2n) is 4.79. The Morgan fingerprint density at radius 2 is 2.20 bits per heavy atom. The van der Waals surface area contributed by atoms with Gasteiger partial charge in [-0.2, -0.15) is 4.39 Å². The minimum atomic E-state index is -0.795. The largest absolute Gasteiger partial charge is 0.314 e. The monoisotopic (exact) mass is 279 g/mol. The third-order valence-corrected chi connectivity index (χ3v) is 3.53. The van der Waals surface area contributed by atoms with E-state index < -0.39 is 16.4 Å². The molecule has 1 aromatic carbocycles. The Labute approximate surface area is 117 Å². The zero-order chi connectivity index (χ0) is 14.5. The summed E-state index contributed by atoms with van der Waals surface area (Å²) in [6, 6.07) is 4.14. The van der Waals surface area contributed by atoms with Gasteiger partial charge in [0.25, 0.3) is 0 Å². The predicted molar refractivity (Wildman–Crippen MR) is 75.1 cm³/mol. The van der Waals surface area contributed by atoms with Crippen LogP contribution in [0, 0.1) is 15.9 Å². The summed E-state index contributed by atoms with van der Waals surface area (Å²) in [7, 11) is 0. The van der Waals surface area contributed by atoms with E-state index in [2.05, 4.69) is 16.8 Å². The molecule has 5 nitrogen and oxygen atoms in total. The van der Waals surface area contributed by atoms with Gasteiger partial charge in [0.05, 0.1) is 4.92 Å². The summed E-state index contributed by atoms with van der Waals surface area (Å²) >= 11 is 0. The fraction of sp³-hybridized carbons (Fsp3) is 0.429. The number of halogens is 1. The van der Waals surface area contributed by atoms with E-state index in [-0.39, 0.29) is 6.04 Å². The summed E-state index contributed by atoms with van der Waals surface area (Å²) in [6.07, 6.45) is 2.48. The molecule has 1 aliphatic rings. The van der Waals surface area contributed by atoms with Crippen molar-refractivity contribution in [3.63, 3.8) is 0 Å². The van der Waals surface area contributed by atoms with Crippen LogP contribution >= 0.6 is 0 Å². The van der Waals surface area contributed by atoms with E-state index in [0.717, 1.165) is 31.7 Å². The average molecular weight is 279 g/mol. The maximum absolute atomic E-state index is 13.4. The van der Waals surface area contributed by atoms with Gasteiger partial charge in [-0.05, 0) is 18.1 Å². The maximum Gasteiger partial charge on any atom is 0.305 e. The van der Waals surface area contributed by atoms with Gasteiger partial charge < -0.3 is 5.32 Å². The summed E-state index contributed by atoms with van der Waals surface area (Å²) in [5.41, 5.74) is 0.298. The Kier molecular flexibility index (Phi) is 4.81. The smallest absolute Gasteiger partial charge is 0.305 e. The molecule has 0 bridgehead atoms. The molecule has 1 heterocycles. The highest BCUT2D eigenvalue weighted by Crippen LogP contribution is 2.29. The highest BCUT2D eigenvalue weighted by atomic mass is 19.1. The van der Waals surface area contributed by atoms with Gasteiger partial charge in [0.15, 0.2) is 0 Å². The molecule has 0 spiro atoms. The first-order valence-electron chi connectivity index (χ1n) is 6.63. The number of nitro benzene ring substituents is 1. The highest BCUT2D eigenvalue weighted by Gasteiger charge is 2.24. The molecule has 6 heteroatoms. The van der Waals surface area contributed by atoms with E-state index in [1.165, 1.54) is 12.1 Å². The molecule has 0 unspecified atom stereocenters. The quantitative estimate of drug-likeness (QED) is 0.510. The Morgan fingerprint density at radius 1 is 1.50 bits per heavy atom. The summed E-state index contributed by atoms with van der Waals surface area (Å²) < 4.78 is 13.4. The van der Waals surface area contributed by atoms with Crippen molar-refractivity contribution in [2.45, 2.75) is 12.5 Å². The number of nitrogens with zero attached hydrogens (tertiary/aromatic N) is 2. The molecule has 1 fully saturated rings. The van der Waals surface area contributed by atoms with Crippen molar-refractivity contribution in [3.05, 3.63) is 52.3 Å². The van der Waals surface area contributed by atoms with E-state index in [4.69, 9.17) is 0 Å². The van der Waals surface area contributed by atoms with Crippen LogP contribution in [0.1, 0.15) is 18.0 Å². The van der Waals surface area contributed by atoms with Gasteiger partial charge >= 0.3 is 5.69 Å². The highest BCUT2D eigenvalue weighted by molar-refractivity contribution is 5.37. The summed E-state index contributed by atoms with van der Waals surface area (Å²) in [5, 5.41) is 14.1. The molecular weight excluding hydrogens is 261 g/mol. The number of benzene rings is 1. The van der Waals surface area contributed by atoms with Gasteiger partial charge in [-0.1, -0.05) is 12.1 Å². The van der Waals surface area contributed by atoms with Crippen LogP contribution in [0.25, 0.3) is 0 Å². The number of rotatable bonds is 5. The number of hydrogen-bond acceptors (Lipinski definition) is 4. The van der Waals surface area contributed by atoms with E-state index in [9.17, 15) is 14.5 Å². The van der Waals surface area contributed by atoms with Crippen LogP contribution in [0.5, 0.6) is 0 Å². The van der Waals surface area contributed by atoms with Gasteiger partial charge in [0.2, 0.25) is 5.82 Å². The van der Waals surface area contributed by atoms with E-state index >= 15 is 0 Å². The fourth-order valence-corrected chi connectivity index (χ4v) is 2.52. The van der Waals surface area contributed by atoms with Crippen LogP contribution in [-0.4, -0.2) is 36.0 Å². The molecule has 0 radical (unpaired) electrons. The van der Waals surface area contributed by atoms with E-state index in [1.807, 2.05) is 0 Å². The molecule has 0 aromatic heterocycles. The molecule has 1 saturated heterocycles. The van der Waals surface area contributed by atoms with Crippen LogP contribution in [0.4, 0.5) is 10.1 Å². The predicted octanol–water partition coefficient (Wildman–Crippen LogP) is 2.26. The summed E-state index contributed by atoms with van der Waals surface area (Å²) in [4.78, 5) is 12.4. The first-order valence-corrected chi connectivity index (χ1v) is 6.63. The standard InChI is InChI=1S/C14H18FN3O2/c1-2-3-13(17-8-6-16-7-9-17)11-4-5-12(15)14(10-11)18(19)20/h2,4-5,10,13,16H,1,3,6-9H2/t13-/m1/s1. The zero-order valence-corrected chi connectivity index (χ0v) is 11.2.